The molecular weight excluding hydrogens is 270 g/mol. The lowest BCUT2D eigenvalue weighted by molar-refractivity contribution is -0.123. The van der Waals surface area contributed by atoms with Crippen LogP contribution in [0.15, 0.2) is 12.1 Å². The van der Waals surface area contributed by atoms with Gasteiger partial charge in [-0.1, -0.05) is 6.92 Å². The summed E-state index contributed by atoms with van der Waals surface area (Å²) in [5.41, 5.74) is 11.8. The molecule has 1 aromatic heterocycles. The van der Waals surface area contributed by atoms with Crippen molar-refractivity contribution < 1.29 is 4.79 Å². The van der Waals surface area contributed by atoms with Crippen LogP contribution in [0.5, 0.6) is 0 Å². The molecule has 1 fully saturated rings. The molecule has 1 saturated heterocycles. The minimum absolute atomic E-state index is 0.0369. The average Bonchev–Trinajstić information content (AvgIpc) is 2.85. The van der Waals surface area contributed by atoms with Crippen molar-refractivity contribution in [1.29, 1.82) is 0 Å². The molecular formula is C15H25N3OS. The standard InChI is InChI=1S/C15H25N3OS/c1-3-12(16)14(13-5-4-10(2)20-13)18-8-6-11(7-9-18)15(17)19/h4-5,11-12,14H,3,6-9,16H2,1-2H3,(H2,17,19). The molecule has 112 valence electrons. The molecule has 4 N–H and O–H groups in total. The molecule has 4 nitrogen and oxygen atoms in total. The van der Waals surface area contributed by atoms with Gasteiger partial charge in [-0.05, 0) is 51.4 Å². The van der Waals surface area contributed by atoms with Gasteiger partial charge in [-0.2, -0.15) is 0 Å². The number of carbonyl (C=O) groups excluding carboxylic acids is 1. The van der Waals surface area contributed by atoms with Gasteiger partial charge in [0.15, 0.2) is 0 Å². The van der Waals surface area contributed by atoms with E-state index in [9.17, 15) is 4.79 Å². The highest BCUT2D eigenvalue weighted by Crippen LogP contribution is 2.33. The number of thiophene rings is 1. The number of carbonyl (C=O) groups is 1. The van der Waals surface area contributed by atoms with Crippen LogP contribution in [0.3, 0.4) is 0 Å². The Morgan fingerprint density at radius 2 is 2.10 bits per heavy atom. The van der Waals surface area contributed by atoms with Crippen LogP contribution in [-0.4, -0.2) is 29.9 Å². The summed E-state index contributed by atoms with van der Waals surface area (Å²) < 4.78 is 0. The number of nitrogens with zero attached hydrogens (tertiary/aromatic N) is 1. The zero-order valence-corrected chi connectivity index (χ0v) is 13.2. The maximum absolute atomic E-state index is 11.3. The Morgan fingerprint density at radius 3 is 2.55 bits per heavy atom. The molecule has 0 aromatic carbocycles. The van der Waals surface area contributed by atoms with Crippen molar-refractivity contribution in [2.24, 2.45) is 17.4 Å². The summed E-state index contributed by atoms with van der Waals surface area (Å²) in [5, 5.41) is 0. The summed E-state index contributed by atoms with van der Waals surface area (Å²) in [6, 6.07) is 4.76. The van der Waals surface area contributed by atoms with E-state index >= 15 is 0 Å². The minimum Gasteiger partial charge on any atom is -0.369 e. The summed E-state index contributed by atoms with van der Waals surface area (Å²) in [7, 11) is 0. The molecule has 2 heterocycles. The number of rotatable bonds is 5. The highest BCUT2D eigenvalue weighted by molar-refractivity contribution is 7.12. The van der Waals surface area contributed by atoms with Crippen molar-refractivity contribution in [3.8, 4) is 0 Å². The van der Waals surface area contributed by atoms with Crippen LogP contribution >= 0.6 is 11.3 Å². The van der Waals surface area contributed by atoms with E-state index < -0.39 is 0 Å². The lowest BCUT2D eigenvalue weighted by Gasteiger charge is -2.39. The van der Waals surface area contributed by atoms with Crippen LogP contribution < -0.4 is 11.5 Å². The normalized spacial score (nSPS) is 20.8. The Hall–Kier alpha value is -0.910. The van der Waals surface area contributed by atoms with E-state index in [-0.39, 0.29) is 23.9 Å². The first-order valence-corrected chi connectivity index (χ1v) is 8.19. The zero-order chi connectivity index (χ0) is 14.7. The van der Waals surface area contributed by atoms with Crippen molar-refractivity contribution in [1.82, 2.24) is 4.90 Å². The van der Waals surface area contributed by atoms with Gasteiger partial charge < -0.3 is 11.5 Å². The molecule has 2 unspecified atom stereocenters. The Balaban J connectivity index is 2.11. The van der Waals surface area contributed by atoms with Gasteiger partial charge in [0.05, 0.1) is 6.04 Å². The van der Waals surface area contributed by atoms with Gasteiger partial charge in [0.25, 0.3) is 0 Å². The first-order valence-electron chi connectivity index (χ1n) is 7.38. The molecule has 0 saturated carbocycles. The lowest BCUT2D eigenvalue weighted by atomic mass is 9.93. The molecule has 1 amide bonds. The van der Waals surface area contributed by atoms with E-state index in [2.05, 4.69) is 30.9 Å². The highest BCUT2D eigenvalue weighted by Gasteiger charge is 2.31. The first kappa shape index (κ1) is 15.5. The number of aryl methyl sites for hydroxylation is 1. The molecule has 1 aliphatic heterocycles. The molecule has 2 rings (SSSR count). The third-order valence-corrected chi connectivity index (χ3v) is 5.33. The smallest absolute Gasteiger partial charge is 0.220 e. The third-order valence-electron chi connectivity index (χ3n) is 4.25. The molecule has 0 radical (unpaired) electrons. The predicted molar refractivity (Wildman–Crippen MR) is 83.6 cm³/mol. The maximum atomic E-state index is 11.3. The van der Waals surface area contributed by atoms with Crippen LogP contribution in [-0.2, 0) is 4.79 Å². The quantitative estimate of drug-likeness (QED) is 0.873. The molecule has 0 spiro atoms. The van der Waals surface area contributed by atoms with Gasteiger partial charge in [0.2, 0.25) is 5.91 Å². The average molecular weight is 295 g/mol. The Morgan fingerprint density at radius 1 is 1.45 bits per heavy atom. The van der Waals surface area contributed by atoms with Crippen molar-refractivity contribution in [2.75, 3.05) is 13.1 Å². The third kappa shape index (κ3) is 3.40. The van der Waals surface area contributed by atoms with E-state index in [1.54, 1.807) is 0 Å². The molecule has 0 bridgehead atoms. The molecule has 20 heavy (non-hydrogen) atoms. The molecule has 5 heteroatoms. The monoisotopic (exact) mass is 295 g/mol. The lowest BCUT2D eigenvalue weighted by Crippen LogP contribution is -2.46. The number of primary amides is 1. The second-order valence-corrected chi connectivity index (χ2v) is 7.00. The van der Waals surface area contributed by atoms with Crippen LogP contribution in [0.1, 0.15) is 42.0 Å². The number of amides is 1. The van der Waals surface area contributed by atoms with Crippen LogP contribution in [0.2, 0.25) is 0 Å². The number of likely N-dealkylation sites (tertiary alicyclic amines) is 1. The maximum Gasteiger partial charge on any atom is 0.220 e. The van der Waals surface area contributed by atoms with Crippen molar-refractivity contribution in [3.63, 3.8) is 0 Å². The van der Waals surface area contributed by atoms with Crippen LogP contribution in [0.25, 0.3) is 0 Å². The van der Waals surface area contributed by atoms with Crippen molar-refractivity contribution >= 4 is 17.2 Å². The summed E-state index contributed by atoms with van der Waals surface area (Å²) in [6.45, 7) is 6.07. The Kier molecular flexibility index (Phi) is 5.18. The van der Waals surface area contributed by atoms with Gasteiger partial charge in [0, 0.05) is 21.7 Å². The predicted octanol–water partition coefficient (Wildman–Crippen LogP) is 2.03. The number of piperidine rings is 1. The molecule has 1 aromatic rings. The van der Waals surface area contributed by atoms with E-state index in [4.69, 9.17) is 11.5 Å². The van der Waals surface area contributed by atoms with Crippen LogP contribution in [0, 0.1) is 12.8 Å². The van der Waals surface area contributed by atoms with Gasteiger partial charge >= 0.3 is 0 Å². The van der Waals surface area contributed by atoms with E-state index in [1.165, 1.54) is 9.75 Å². The summed E-state index contributed by atoms with van der Waals surface area (Å²) in [6.07, 6.45) is 2.66. The molecule has 1 aliphatic rings. The zero-order valence-electron chi connectivity index (χ0n) is 12.3. The number of hydrogen-bond donors (Lipinski definition) is 2. The fourth-order valence-corrected chi connectivity index (χ4v) is 4.05. The second kappa shape index (κ2) is 6.70. The van der Waals surface area contributed by atoms with Gasteiger partial charge in [-0.25, -0.2) is 0 Å². The highest BCUT2D eigenvalue weighted by atomic mass is 32.1. The number of hydrogen-bond acceptors (Lipinski definition) is 4. The molecule has 0 aliphatic carbocycles. The largest absolute Gasteiger partial charge is 0.369 e. The van der Waals surface area contributed by atoms with E-state index in [0.717, 1.165) is 32.4 Å². The molecule has 2 atom stereocenters. The summed E-state index contributed by atoms with van der Waals surface area (Å²) in [5.74, 6) is -0.122. The summed E-state index contributed by atoms with van der Waals surface area (Å²) >= 11 is 1.83. The Labute approximate surface area is 125 Å². The first-order chi connectivity index (χ1) is 9.52. The van der Waals surface area contributed by atoms with Crippen LogP contribution in [0.4, 0.5) is 0 Å². The van der Waals surface area contributed by atoms with Crippen molar-refractivity contribution in [3.05, 3.63) is 21.9 Å². The Bertz CT molecular complexity index is 452. The van der Waals surface area contributed by atoms with E-state index in [0.29, 0.717) is 0 Å². The van der Waals surface area contributed by atoms with Crippen molar-refractivity contribution in [2.45, 2.75) is 45.2 Å². The topological polar surface area (TPSA) is 72.3 Å². The van der Waals surface area contributed by atoms with Gasteiger partial charge in [0.1, 0.15) is 0 Å². The van der Waals surface area contributed by atoms with Gasteiger partial charge in [-0.3, -0.25) is 9.69 Å². The fourth-order valence-electron chi connectivity index (χ4n) is 2.96. The SMILES string of the molecule is CCC(N)C(c1ccc(C)s1)N1CCC(C(N)=O)CC1. The van der Waals surface area contributed by atoms with E-state index in [1.807, 2.05) is 11.3 Å². The number of nitrogens with two attached hydrogens (primary N) is 2. The minimum atomic E-state index is -0.159. The second-order valence-electron chi connectivity index (χ2n) is 5.68. The fraction of sp³-hybridized carbons (Fsp3) is 0.667. The summed E-state index contributed by atoms with van der Waals surface area (Å²) in [4.78, 5) is 16.4. The van der Waals surface area contributed by atoms with Gasteiger partial charge in [-0.15, -0.1) is 11.3 Å².